The molecule has 2 rings (SSSR count). The average Bonchev–Trinajstić information content (AvgIpc) is 2.70. The van der Waals surface area contributed by atoms with Crippen molar-refractivity contribution in [2.75, 3.05) is 0 Å². The fraction of sp³-hybridized carbons (Fsp3) is 0.0909. The molecule has 3 N–H and O–H groups in total. The molecule has 0 spiro atoms. The summed E-state index contributed by atoms with van der Waals surface area (Å²) in [6.45, 7) is 0. The van der Waals surface area contributed by atoms with Crippen LogP contribution in [0.3, 0.4) is 0 Å². The van der Waals surface area contributed by atoms with Crippen molar-refractivity contribution in [2.24, 2.45) is 5.84 Å². The molecule has 1 aromatic heterocycles. The van der Waals surface area contributed by atoms with Crippen molar-refractivity contribution in [3.8, 4) is 0 Å². The Morgan fingerprint density at radius 3 is 2.29 bits per heavy atom. The van der Waals surface area contributed by atoms with Crippen molar-refractivity contribution in [1.82, 2.24) is 5.43 Å². The quantitative estimate of drug-likeness (QED) is 0.666. The van der Waals surface area contributed by atoms with Gasteiger partial charge in [0.2, 0.25) is 0 Å². The van der Waals surface area contributed by atoms with Gasteiger partial charge in [-0.1, -0.05) is 17.7 Å². The number of nitrogens with one attached hydrogen (secondary N) is 1. The van der Waals surface area contributed by atoms with Crippen LogP contribution in [0.4, 0.5) is 8.78 Å². The first kappa shape index (κ1) is 12.4. The average molecular weight is 275 g/mol. The highest BCUT2D eigenvalue weighted by Gasteiger charge is 2.22. The van der Waals surface area contributed by atoms with Crippen LogP contribution < -0.4 is 11.3 Å². The number of hydrogen-bond acceptors (Lipinski definition) is 3. The molecule has 0 aliphatic heterocycles. The van der Waals surface area contributed by atoms with Crippen LogP contribution in [0.25, 0.3) is 0 Å². The van der Waals surface area contributed by atoms with Gasteiger partial charge in [0.15, 0.2) is 0 Å². The monoisotopic (exact) mass is 274 g/mol. The molecule has 0 aliphatic carbocycles. The Labute approximate surface area is 106 Å². The van der Waals surface area contributed by atoms with Gasteiger partial charge in [-0.05, 0) is 24.3 Å². The van der Waals surface area contributed by atoms with E-state index in [9.17, 15) is 8.78 Å². The van der Waals surface area contributed by atoms with Crippen molar-refractivity contribution in [1.29, 1.82) is 0 Å². The second-order valence-electron chi connectivity index (χ2n) is 3.38. The number of hydrazine groups is 1. The Hall–Kier alpha value is -1.01. The van der Waals surface area contributed by atoms with Crippen LogP contribution in [0.5, 0.6) is 0 Å². The van der Waals surface area contributed by atoms with Gasteiger partial charge in [0.05, 0.1) is 10.4 Å². The predicted molar refractivity (Wildman–Crippen MR) is 64.9 cm³/mol. The van der Waals surface area contributed by atoms with Gasteiger partial charge >= 0.3 is 0 Å². The van der Waals surface area contributed by atoms with Gasteiger partial charge in [-0.3, -0.25) is 5.84 Å². The Balaban J connectivity index is 2.49. The van der Waals surface area contributed by atoms with Gasteiger partial charge in [0, 0.05) is 10.4 Å². The van der Waals surface area contributed by atoms with Crippen LogP contribution in [0.1, 0.15) is 16.5 Å². The summed E-state index contributed by atoms with van der Waals surface area (Å²) < 4.78 is 27.8. The molecule has 17 heavy (non-hydrogen) atoms. The predicted octanol–water partition coefficient (Wildman–Crippen LogP) is 3.23. The Kier molecular flexibility index (Phi) is 3.73. The number of halogens is 3. The molecule has 0 saturated carbocycles. The Bertz CT molecular complexity index is 510. The summed E-state index contributed by atoms with van der Waals surface area (Å²) in [7, 11) is 0. The van der Waals surface area contributed by atoms with E-state index in [4.69, 9.17) is 17.4 Å². The van der Waals surface area contributed by atoms with E-state index in [1.807, 2.05) is 0 Å². The molecule has 1 heterocycles. The number of nitrogens with two attached hydrogens (primary N) is 1. The van der Waals surface area contributed by atoms with Crippen molar-refractivity contribution in [2.45, 2.75) is 6.04 Å². The lowest BCUT2D eigenvalue weighted by molar-refractivity contribution is 0.513. The summed E-state index contributed by atoms with van der Waals surface area (Å²) in [5.74, 6) is 4.08. The maximum absolute atomic E-state index is 13.6. The van der Waals surface area contributed by atoms with E-state index in [1.165, 1.54) is 29.5 Å². The molecular formula is C11H9ClF2N2S. The molecule has 90 valence electrons. The van der Waals surface area contributed by atoms with Crippen LogP contribution in [-0.4, -0.2) is 0 Å². The van der Waals surface area contributed by atoms with Gasteiger partial charge in [-0.15, -0.1) is 11.3 Å². The number of thiophene rings is 1. The molecule has 0 aliphatic rings. The molecule has 1 aromatic carbocycles. The third kappa shape index (κ3) is 2.47. The van der Waals surface area contributed by atoms with Gasteiger partial charge in [-0.2, -0.15) is 0 Å². The Morgan fingerprint density at radius 2 is 1.82 bits per heavy atom. The van der Waals surface area contributed by atoms with Crippen LogP contribution in [0.2, 0.25) is 4.34 Å². The largest absolute Gasteiger partial charge is 0.271 e. The first-order valence-corrected chi connectivity index (χ1v) is 5.98. The van der Waals surface area contributed by atoms with E-state index in [0.29, 0.717) is 9.21 Å². The minimum atomic E-state index is -0.742. The SMILES string of the molecule is NNC(c1ccc(Cl)s1)c1c(F)cccc1F. The van der Waals surface area contributed by atoms with Crippen molar-refractivity contribution >= 4 is 22.9 Å². The lowest BCUT2D eigenvalue weighted by Crippen LogP contribution is -2.29. The van der Waals surface area contributed by atoms with E-state index in [2.05, 4.69) is 5.43 Å². The van der Waals surface area contributed by atoms with E-state index in [-0.39, 0.29) is 5.56 Å². The zero-order valence-corrected chi connectivity index (χ0v) is 10.2. The topological polar surface area (TPSA) is 38.0 Å². The van der Waals surface area contributed by atoms with E-state index < -0.39 is 17.7 Å². The molecule has 1 atom stereocenters. The molecule has 0 fully saturated rings. The third-order valence-corrected chi connectivity index (χ3v) is 3.63. The van der Waals surface area contributed by atoms with E-state index in [0.717, 1.165) is 0 Å². The fourth-order valence-electron chi connectivity index (χ4n) is 1.58. The molecule has 2 nitrogen and oxygen atoms in total. The smallest absolute Gasteiger partial charge is 0.131 e. The van der Waals surface area contributed by atoms with Crippen LogP contribution in [-0.2, 0) is 0 Å². The summed E-state index contributed by atoms with van der Waals surface area (Å²) in [5.41, 5.74) is 2.30. The molecule has 2 aromatic rings. The summed E-state index contributed by atoms with van der Waals surface area (Å²) >= 11 is 7.01. The molecular weight excluding hydrogens is 266 g/mol. The zero-order chi connectivity index (χ0) is 12.4. The van der Waals surface area contributed by atoms with Gasteiger partial charge in [0.25, 0.3) is 0 Å². The standard InChI is InChI=1S/C11H9ClF2N2S/c12-9-5-4-8(17-9)11(16-15)10-6(13)2-1-3-7(10)14/h1-5,11,16H,15H2. The van der Waals surface area contributed by atoms with Crippen molar-refractivity contribution < 1.29 is 8.78 Å². The second-order valence-corrected chi connectivity index (χ2v) is 5.12. The molecule has 1 unspecified atom stereocenters. The van der Waals surface area contributed by atoms with Crippen molar-refractivity contribution in [3.63, 3.8) is 0 Å². The number of rotatable bonds is 3. The number of hydrogen-bond donors (Lipinski definition) is 2. The highest BCUT2D eigenvalue weighted by Crippen LogP contribution is 2.32. The summed E-state index contributed by atoms with van der Waals surface area (Å²) in [6, 6.07) is 6.29. The molecule has 0 amide bonds. The summed E-state index contributed by atoms with van der Waals surface area (Å²) in [5, 5.41) is 0. The fourth-order valence-corrected chi connectivity index (χ4v) is 2.71. The first-order chi connectivity index (χ1) is 8.13. The van der Waals surface area contributed by atoms with E-state index >= 15 is 0 Å². The lowest BCUT2D eigenvalue weighted by Gasteiger charge is -2.16. The normalized spacial score (nSPS) is 12.7. The lowest BCUT2D eigenvalue weighted by atomic mass is 10.0. The Morgan fingerprint density at radius 1 is 1.18 bits per heavy atom. The minimum absolute atomic E-state index is 0.103. The molecule has 0 radical (unpaired) electrons. The van der Waals surface area contributed by atoms with Gasteiger partial charge in [0.1, 0.15) is 11.6 Å². The maximum Gasteiger partial charge on any atom is 0.131 e. The molecule has 0 bridgehead atoms. The summed E-state index contributed by atoms with van der Waals surface area (Å²) in [6.07, 6.45) is 0. The minimum Gasteiger partial charge on any atom is -0.271 e. The third-order valence-electron chi connectivity index (χ3n) is 2.33. The first-order valence-electron chi connectivity index (χ1n) is 4.78. The maximum atomic E-state index is 13.6. The molecule has 6 heteroatoms. The summed E-state index contributed by atoms with van der Waals surface area (Å²) in [4.78, 5) is 0.654. The molecule has 0 saturated heterocycles. The van der Waals surface area contributed by atoms with Gasteiger partial charge in [-0.25, -0.2) is 14.2 Å². The highest BCUT2D eigenvalue weighted by atomic mass is 35.5. The van der Waals surface area contributed by atoms with Crippen LogP contribution >= 0.6 is 22.9 Å². The number of benzene rings is 1. The zero-order valence-electron chi connectivity index (χ0n) is 8.58. The van der Waals surface area contributed by atoms with Crippen LogP contribution in [0, 0.1) is 11.6 Å². The van der Waals surface area contributed by atoms with Crippen LogP contribution in [0.15, 0.2) is 30.3 Å². The highest BCUT2D eigenvalue weighted by molar-refractivity contribution is 7.16. The second kappa shape index (κ2) is 5.10. The van der Waals surface area contributed by atoms with Crippen molar-refractivity contribution in [3.05, 3.63) is 56.7 Å². The van der Waals surface area contributed by atoms with Gasteiger partial charge < -0.3 is 0 Å². The van der Waals surface area contributed by atoms with E-state index in [1.54, 1.807) is 12.1 Å².